The van der Waals surface area contributed by atoms with Crippen molar-refractivity contribution < 1.29 is 5.11 Å². The summed E-state index contributed by atoms with van der Waals surface area (Å²) in [6.07, 6.45) is 4.88. The zero-order valence-corrected chi connectivity index (χ0v) is 14.5. The third-order valence-electron chi connectivity index (χ3n) is 5.43. The van der Waals surface area contributed by atoms with Crippen LogP contribution in [-0.2, 0) is 26.6 Å². The van der Waals surface area contributed by atoms with E-state index in [0.29, 0.717) is 5.92 Å². The smallest absolute Gasteiger partial charge is 0.227 e. The maximum atomic E-state index is 9.66. The van der Waals surface area contributed by atoms with Crippen LogP contribution in [0.3, 0.4) is 0 Å². The Bertz CT molecular complexity index is 713. The maximum absolute atomic E-state index is 9.66. The second-order valence-electron chi connectivity index (χ2n) is 7.28. The van der Waals surface area contributed by atoms with Crippen LogP contribution in [0.5, 0.6) is 0 Å². The summed E-state index contributed by atoms with van der Waals surface area (Å²) >= 11 is 0. The van der Waals surface area contributed by atoms with Crippen molar-refractivity contribution in [1.29, 1.82) is 0 Å². The average molecular weight is 330 g/mol. The maximum Gasteiger partial charge on any atom is 0.227 e. The van der Waals surface area contributed by atoms with E-state index in [9.17, 15) is 5.11 Å². The lowest BCUT2D eigenvalue weighted by Crippen LogP contribution is -2.35. The highest BCUT2D eigenvalue weighted by molar-refractivity contribution is 5.33. The van der Waals surface area contributed by atoms with Crippen molar-refractivity contribution in [2.75, 3.05) is 11.4 Å². The number of aryl methyl sites for hydroxylation is 1. The Labute approximate surface area is 142 Å². The first-order valence-electron chi connectivity index (χ1n) is 8.95. The lowest BCUT2D eigenvalue weighted by atomic mass is 9.85. The number of aliphatic hydroxyl groups is 1. The van der Waals surface area contributed by atoms with Crippen molar-refractivity contribution in [2.24, 2.45) is 13.0 Å². The van der Waals surface area contributed by atoms with Gasteiger partial charge in [0.1, 0.15) is 5.82 Å². The fourth-order valence-corrected chi connectivity index (χ4v) is 3.99. The summed E-state index contributed by atoms with van der Waals surface area (Å²) < 4.78 is 4.24. The van der Waals surface area contributed by atoms with Crippen molar-refractivity contribution in [3.8, 4) is 0 Å². The third-order valence-corrected chi connectivity index (χ3v) is 5.43. The van der Waals surface area contributed by atoms with Crippen LogP contribution in [0.25, 0.3) is 0 Å². The van der Waals surface area contributed by atoms with Crippen molar-refractivity contribution in [2.45, 2.75) is 58.2 Å². The van der Waals surface area contributed by atoms with Crippen molar-refractivity contribution in [3.05, 3.63) is 23.3 Å². The van der Waals surface area contributed by atoms with Crippen LogP contribution in [-0.4, -0.2) is 42.3 Å². The molecule has 2 aromatic heterocycles. The lowest BCUT2D eigenvalue weighted by molar-refractivity contribution is 0.108. The minimum absolute atomic E-state index is 0.0991. The van der Waals surface area contributed by atoms with Crippen LogP contribution in [0.2, 0.25) is 0 Å². The number of aromatic nitrogens is 5. The van der Waals surface area contributed by atoms with Crippen LogP contribution >= 0.6 is 0 Å². The highest BCUT2D eigenvalue weighted by atomic mass is 16.3. The number of aliphatic hydroxyl groups excluding tert-OH is 1. The standard InChI is InChI=1S/C17H26N6O/c1-12-9-14-11-22(7-8-23(14)20-12)17-19-18-16(21(17)2)10-13-3-5-15(24)6-4-13/h9,13,15,24H,3-8,10-11H2,1-2H3. The topological polar surface area (TPSA) is 72.0 Å². The molecule has 0 spiro atoms. The van der Waals surface area contributed by atoms with Gasteiger partial charge >= 0.3 is 0 Å². The van der Waals surface area contributed by atoms with Gasteiger partial charge in [-0.05, 0) is 44.6 Å². The Hall–Kier alpha value is -1.89. The molecule has 1 aliphatic carbocycles. The molecule has 1 fully saturated rings. The molecule has 24 heavy (non-hydrogen) atoms. The molecule has 0 unspecified atom stereocenters. The molecule has 130 valence electrons. The van der Waals surface area contributed by atoms with Crippen LogP contribution in [0, 0.1) is 12.8 Å². The quantitative estimate of drug-likeness (QED) is 0.922. The molecule has 2 aromatic rings. The second-order valence-corrected chi connectivity index (χ2v) is 7.28. The van der Waals surface area contributed by atoms with Gasteiger partial charge in [0.25, 0.3) is 0 Å². The molecule has 1 saturated carbocycles. The molecule has 0 aromatic carbocycles. The molecule has 3 heterocycles. The van der Waals surface area contributed by atoms with Gasteiger partial charge in [0.15, 0.2) is 0 Å². The summed E-state index contributed by atoms with van der Waals surface area (Å²) in [5.74, 6) is 2.63. The molecular formula is C17H26N6O. The second kappa shape index (κ2) is 6.20. The molecule has 1 N–H and O–H groups in total. The minimum Gasteiger partial charge on any atom is -0.393 e. The third kappa shape index (κ3) is 2.92. The molecule has 1 aliphatic heterocycles. The summed E-state index contributed by atoms with van der Waals surface area (Å²) in [5.41, 5.74) is 2.31. The molecule has 0 atom stereocenters. The number of anilines is 1. The minimum atomic E-state index is -0.0991. The molecular weight excluding hydrogens is 304 g/mol. The van der Waals surface area contributed by atoms with Gasteiger partial charge in [-0.2, -0.15) is 5.10 Å². The van der Waals surface area contributed by atoms with Crippen molar-refractivity contribution >= 4 is 5.95 Å². The van der Waals surface area contributed by atoms with E-state index in [-0.39, 0.29) is 6.10 Å². The molecule has 0 bridgehead atoms. The van der Waals surface area contributed by atoms with Gasteiger partial charge in [-0.15, -0.1) is 10.2 Å². The van der Waals surface area contributed by atoms with Gasteiger partial charge < -0.3 is 14.6 Å². The summed E-state index contributed by atoms with van der Waals surface area (Å²) in [4.78, 5) is 2.29. The molecule has 7 nitrogen and oxygen atoms in total. The van der Waals surface area contributed by atoms with Crippen LogP contribution in [0.4, 0.5) is 5.95 Å². The first kappa shape index (κ1) is 15.6. The Kier molecular flexibility index (Phi) is 4.04. The average Bonchev–Trinajstić information content (AvgIpc) is 3.11. The number of nitrogens with zero attached hydrogens (tertiary/aromatic N) is 6. The summed E-state index contributed by atoms with van der Waals surface area (Å²) in [6.45, 7) is 4.68. The Morgan fingerprint density at radius 1 is 1.17 bits per heavy atom. The van der Waals surface area contributed by atoms with Gasteiger partial charge in [-0.25, -0.2) is 0 Å². The van der Waals surface area contributed by atoms with E-state index in [4.69, 9.17) is 0 Å². The molecule has 7 heteroatoms. The van der Waals surface area contributed by atoms with E-state index in [1.54, 1.807) is 0 Å². The van der Waals surface area contributed by atoms with E-state index >= 15 is 0 Å². The molecule has 4 rings (SSSR count). The molecule has 2 aliphatic rings. The van der Waals surface area contributed by atoms with Crippen molar-refractivity contribution in [3.63, 3.8) is 0 Å². The lowest BCUT2D eigenvalue weighted by Gasteiger charge is -2.28. The van der Waals surface area contributed by atoms with Crippen LogP contribution in [0.15, 0.2) is 6.07 Å². The van der Waals surface area contributed by atoms with Gasteiger partial charge in [0.05, 0.1) is 30.6 Å². The molecule has 0 radical (unpaired) electrons. The highest BCUT2D eigenvalue weighted by Gasteiger charge is 2.25. The van der Waals surface area contributed by atoms with Gasteiger partial charge in [-0.3, -0.25) is 4.68 Å². The largest absolute Gasteiger partial charge is 0.393 e. The Balaban J connectivity index is 1.46. The van der Waals surface area contributed by atoms with E-state index < -0.39 is 0 Å². The number of fused-ring (bicyclic) bond motifs is 1. The predicted octanol–water partition coefficient (Wildman–Crippen LogP) is 1.43. The number of hydrogen-bond acceptors (Lipinski definition) is 5. The van der Waals surface area contributed by atoms with Gasteiger partial charge in [0, 0.05) is 20.0 Å². The van der Waals surface area contributed by atoms with E-state index in [2.05, 4.69) is 42.6 Å². The Morgan fingerprint density at radius 2 is 1.96 bits per heavy atom. The van der Waals surface area contributed by atoms with E-state index in [1.165, 1.54) is 5.69 Å². The Morgan fingerprint density at radius 3 is 2.75 bits per heavy atom. The number of rotatable bonds is 3. The molecule has 0 amide bonds. The summed E-state index contributed by atoms with van der Waals surface area (Å²) in [6, 6.07) is 2.15. The van der Waals surface area contributed by atoms with E-state index in [1.807, 2.05) is 6.92 Å². The first-order chi connectivity index (χ1) is 11.6. The van der Waals surface area contributed by atoms with Crippen molar-refractivity contribution in [1.82, 2.24) is 24.5 Å². The zero-order chi connectivity index (χ0) is 16.7. The van der Waals surface area contributed by atoms with Gasteiger partial charge in [-0.1, -0.05) is 0 Å². The fourth-order valence-electron chi connectivity index (χ4n) is 3.99. The first-order valence-corrected chi connectivity index (χ1v) is 8.95. The highest BCUT2D eigenvalue weighted by Crippen LogP contribution is 2.28. The van der Waals surface area contributed by atoms with E-state index in [0.717, 1.165) is 69.2 Å². The summed E-state index contributed by atoms with van der Waals surface area (Å²) in [7, 11) is 2.07. The summed E-state index contributed by atoms with van der Waals surface area (Å²) in [5, 5.41) is 23.1. The molecule has 0 saturated heterocycles. The van der Waals surface area contributed by atoms with Gasteiger partial charge in [0.2, 0.25) is 5.95 Å². The fraction of sp³-hybridized carbons (Fsp3) is 0.706. The van der Waals surface area contributed by atoms with Crippen LogP contribution < -0.4 is 4.90 Å². The number of hydrogen-bond donors (Lipinski definition) is 1. The van der Waals surface area contributed by atoms with Crippen LogP contribution in [0.1, 0.15) is 42.9 Å². The zero-order valence-electron chi connectivity index (χ0n) is 14.5. The monoisotopic (exact) mass is 330 g/mol. The normalized spacial score (nSPS) is 24.2. The SMILES string of the molecule is Cc1cc2n(n1)CCN(c1nnc(CC3CCC(O)CC3)n1C)C2. The predicted molar refractivity (Wildman–Crippen MR) is 90.7 cm³/mol.